The van der Waals surface area contributed by atoms with Gasteiger partial charge in [0.2, 0.25) is 0 Å². The molecule has 0 aromatic carbocycles. The minimum Gasteiger partial charge on any atom is -0.392 e. The Balaban J connectivity index is 2.86. The molecule has 50 valence electrons. The first kappa shape index (κ1) is 8.21. The van der Waals surface area contributed by atoms with Crippen LogP contribution in [0.15, 0.2) is 0 Å². The molecule has 0 saturated heterocycles. The standard InChI is InChI=1S/C5H12ClNO/c6-4-5(8)2-1-3-7/h5,8H,1-4,7H2. The summed E-state index contributed by atoms with van der Waals surface area (Å²) in [6.45, 7) is 0.633. The molecular weight excluding hydrogens is 126 g/mol. The van der Waals surface area contributed by atoms with Gasteiger partial charge in [0.05, 0.1) is 6.10 Å². The molecule has 0 aromatic heterocycles. The van der Waals surface area contributed by atoms with Crippen LogP contribution in [-0.4, -0.2) is 23.6 Å². The molecule has 0 fully saturated rings. The van der Waals surface area contributed by atoms with Crippen LogP contribution < -0.4 is 5.73 Å². The lowest BCUT2D eigenvalue weighted by Gasteiger charge is -2.02. The zero-order valence-corrected chi connectivity index (χ0v) is 5.56. The topological polar surface area (TPSA) is 46.2 Å². The van der Waals surface area contributed by atoms with Gasteiger partial charge in [-0.2, -0.15) is 0 Å². The maximum atomic E-state index is 8.80. The van der Waals surface area contributed by atoms with Crippen LogP contribution in [0, 0.1) is 0 Å². The van der Waals surface area contributed by atoms with Crippen molar-refractivity contribution in [3.05, 3.63) is 0 Å². The van der Waals surface area contributed by atoms with E-state index in [0.717, 1.165) is 12.8 Å². The van der Waals surface area contributed by atoms with E-state index in [1.165, 1.54) is 0 Å². The van der Waals surface area contributed by atoms with Gasteiger partial charge in [-0.15, -0.1) is 11.6 Å². The maximum absolute atomic E-state index is 8.80. The Morgan fingerprint density at radius 1 is 1.62 bits per heavy atom. The van der Waals surface area contributed by atoms with E-state index in [0.29, 0.717) is 12.4 Å². The van der Waals surface area contributed by atoms with Crippen LogP contribution in [0.4, 0.5) is 0 Å². The minimum absolute atomic E-state index is 0.319. The predicted octanol–water partition coefficient (Wildman–Crippen LogP) is 0.325. The second kappa shape index (κ2) is 5.35. The van der Waals surface area contributed by atoms with Crippen molar-refractivity contribution in [3.63, 3.8) is 0 Å². The lowest BCUT2D eigenvalue weighted by atomic mass is 10.2. The highest BCUT2D eigenvalue weighted by atomic mass is 35.5. The van der Waals surface area contributed by atoms with Gasteiger partial charge in [-0.05, 0) is 19.4 Å². The van der Waals surface area contributed by atoms with Gasteiger partial charge in [-0.25, -0.2) is 0 Å². The fraction of sp³-hybridized carbons (Fsp3) is 1.00. The number of rotatable bonds is 4. The van der Waals surface area contributed by atoms with E-state index in [-0.39, 0.29) is 6.10 Å². The number of hydrogen-bond acceptors (Lipinski definition) is 2. The largest absolute Gasteiger partial charge is 0.392 e. The van der Waals surface area contributed by atoms with Gasteiger partial charge in [0.1, 0.15) is 0 Å². The molecule has 3 N–H and O–H groups in total. The summed E-state index contributed by atoms with van der Waals surface area (Å²) in [6.07, 6.45) is 1.22. The van der Waals surface area contributed by atoms with Gasteiger partial charge in [-0.1, -0.05) is 0 Å². The lowest BCUT2D eigenvalue weighted by Crippen LogP contribution is -2.10. The van der Waals surface area contributed by atoms with Crippen LogP contribution in [0.25, 0.3) is 0 Å². The molecule has 0 radical (unpaired) electrons. The summed E-state index contributed by atoms with van der Waals surface area (Å²) in [5.74, 6) is 0.319. The summed E-state index contributed by atoms with van der Waals surface area (Å²) in [4.78, 5) is 0. The second-order valence-electron chi connectivity index (χ2n) is 1.74. The average molecular weight is 138 g/mol. The molecular formula is C5H12ClNO. The van der Waals surface area contributed by atoms with Crippen molar-refractivity contribution in [3.8, 4) is 0 Å². The highest BCUT2D eigenvalue weighted by Gasteiger charge is 1.98. The van der Waals surface area contributed by atoms with E-state index in [1.54, 1.807) is 0 Å². The monoisotopic (exact) mass is 137 g/mol. The number of alkyl halides is 1. The first-order chi connectivity index (χ1) is 3.81. The van der Waals surface area contributed by atoms with Crippen LogP contribution in [0.1, 0.15) is 12.8 Å². The SMILES string of the molecule is NCCCC(O)CCl. The first-order valence-corrected chi connectivity index (χ1v) is 3.28. The molecule has 0 spiro atoms. The fourth-order valence-electron chi connectivity index (χ4n) is 0.431. The Bertz CT molecular complexity index is 51.7. The summed E-state index contributed by atoms with van der Waals surface area (Å²) >= 11 is 5.30. The summed E-state index contributed by atoms with van der Waals surface area (Å²) < 4.78 is 0. The smallest absolute Gasteiger partial charge is 0.0676 e. The third kappa shape index (κ3) is 4.37. The normalized spacial score (nSPS) is 13.9. The third-order valence-corrected chi connectivity index (χ3v) is 1.28. The number of nitrogens with two attached hydrogens (primary N) is 1. The molecule has 3 heteroatoms. The quantitative estimate of drug-likeness (QED) is 0.549. The number of aliphatic hydroxyl groups is 1. The van der Waals surface area contributed by atoms with E-state index in [9.17, 15) is 0 Å². The number of halogens is 1. The van der Waals surface area contributed by atoms with Gasteiger partial charge in [0, 0.05) is 5.88 Å². The van der Waals surface area contributed by atoms with Gasteiger partial charge in [0.15, 0.2) is 0 Å². The average Bonchev–Trinajstić information content (AvgIpc) is 1.83. The maximum Gasteiger partial charge on any atom is 0.0676 e. The Kier molecular flexibility index (Phi) is 5.49. The van der Waals surface area contributed by atoms with Gasteiger partial charge >= 0.3 is 0 Å². The highest BCUT2D eigenvalue weighted by Crippen LogP contribution is 1.96. The summed E-state index contributed by atoms with van der Waals surface area (Å²) in [5, 5.41) is 8.80. The van der Waals surface area contributed by atoms with E-state index in [4.69, 9.17) is 22.4 Å². The van der Waals surface area contributed by atoms with Crippen LogP contribution >= 0.6 is 11.6 Å². The van der Waals surface area contributed by atoms with Crippen molar-refractivity contribution in [1.82, 2.24) is 0 Å². The van der Waals surface area contributed by atoms with Crippen molar-refractivity contribution in [2.24, 2.45) is 5.73 Å². The van der Waals surface area contributed by atoms with Crippen molar-refractivity contribution >= 4 is 11.6 Å². The molecule has 1 atom stereocenters. The van der Waals surface area contributed by atoms with E-state index in [1.807, 2.05) is 0 Å². The first-order valence-electron chi connectivity index (χ1n) is 2.75. The molecule has 8 heavy (non-hydrogen) atoms. The van der Waals surface area contributed by atoms with E-state index >= 15 is 0 Å². The zero-order chi connectivity index (χ0) is 6.41. The Morgan fingerprint density at radius 3 is 2.62 bits per heavy atom. The summed E-state index contributed by atoms with van der Waals surface area (Å²) in [7, 11) is 0. The molecule has 0 aromatic rings. The van der Waals surface area contributed by atoms with E-state index in [2.05, 4.69) is 0 Å². The molecule has 0 heterocycles. The minimum atomic E-state index is -0.361. The molecule has 0 amide bonds. The van der Waals surface area contributed by atoms with Gasteiger partial charge in [-0.3, -0.25) is 0 Å². The molecule has 0 aliphatic rings. The van der Waals surface area contributed by atoms with Crippen molar-refractivity contribution in [2.75, 3.05) is 12.4 Å². The predicted molar refractivity (Wildman–Crippen MR) is 35.0 cm³/mol. The molecule has 0 bridgehead atoms. The number of hydrogen-bond donors (Lipinski definition) is 2. The molecule has 2 nitrogen and oxygen atoms in total. The van der Waals surface area contributed by atoms with Crippen molar-refractivity contribution < 1.29 is 5.11 Å². The molecule has 0 aliphatic heterocycles. The van der Waals surface area contributed by atoms with Crippen LogP contribution in [0.2, 0.25) is 0 Å². The highest BCUT2D eigenvalue weighted by molar-refractivity contribution is 6.18. The van der Waals surface area contributed by atoms with Crippen molar-refractivity contribution in [2.45, 2.75) is 18.9 Å². The molecule has 1 unspecified atom stereocenters. The van der Waals surface area contributed by atoms with Gasteiger partial charge < -0.3 is 10.8 Å². The van der Waals surface area contributed by atoms with Crippen LogP contribution in [-0.2, 0) is 0 Å². The Labute approximate surface area is 54.6 Å². The zero-order valence-electron chi connectivity index (χ0n) is 4.81. The van der Waals surface area contributed by atoms with Crippen molar-refractivity contribution in [1.29, 1.82) is 0 Å². The molecule has 0 rings (SSSR count). The van der Waals surface area contributed by atoms with Crippen LogP contribution in [0.5, 0.6) is 0 Å². The summed E-state index contributed by atoms with van der Waals surface area (Å²) in [6, 6.07) is 0. The lowest BCUT2D eigenvalue weighted by molar-refractivity contribution is 0.185. The summed E-state index contributed by atoms with van der Waals surface area (Å²) in [5.41, 5.74) is 5.18. The Hall–Kier alpha value is 0.210. The second-order valence-corrected chi connectivity index (χ2v) is 2.05. The molecule has 0 saturated carbocycles. The van der Waals surface area contributed by atoms with E-state index < -0.39 is 0 Å². The van der Waals surface area contributed by atoms with Crippen LogP contribution in [0.3, 0.4) is 0 Å². The Morgan fingerprint density at radius 2 is 2.25 bits per heavy atom. The molecule has 0 aliphatic carbocycles. The number of aliphatic hydroxyl groups excluding tert-OH is 1. The van der Waals surface area contributed by atoms with Gasteiger partial charge in [0.25, 0.3) is 0 Å². The fourth-order valence-corrected chi connectivity index (χ4v) is 0.585. The third-order valence-electron chi connectivity index (χ3n) is 0.920.